The van der Waals surface area contributed by atoms with Crippen LogP contribution in [0.5, 0.6) is 0 Å². The smallest absolute Gasteiger partial charge is 0.0184 e. The first-order chi connectivity index (χ1) is 11.1. The van der Waals surface area contributed by atoms with Gasteiger partial charge in [-0.3, -0.25) is 0 Å². The van der Waals surface area contributed by atoms with E-state index in [1.165, 1.54) is 22.0 Å². The lowest BCUT2D eigenvalue weighted by Crippen LogP contribution is -2.49. The summed E-state index contributed by atoms with van der Waals surface area (Å²) >= 11 is 3.80. The number of benzene rings is 2. The monoisotopic (exact) mass is 364 g/mol. The fourth-order valence-corrected chi connectivity index (χ4v) is 7.47. The maximum atomic E-state index is 3.80. The summed E-state index contributed by atoms with van der Waals surface area (Å²) in [5.74, 6) is 1.39. The number of rotatable bonds is 2. The molecule has 2 aromatic carbocycles. The number of fused-ring (bicyclic) bond motifs is 4. The maximum absolute atomic E-state index is 3.80. The Kier molecular flexibility index (Phi) is 2.56. The molecule has 0 heterocycles. The number of hydrogen-bond acceptors (Lipinski definition) is 0. The fraction of sp³-hybridized carbons (Fsp3) is 0.364. The van der Waals surface area contributed by atoms with Crippen molar-refractivity contribution < 1.29 is 0 Å². The van der Waals surface area contributed by atoms with Crippen molar-refractivity contribution in [1.29, 1.82) is 0 Å². The Labute approximate surface area is 146 Å². The van der Waals surface area contributed by atoms with Crippen molar-refractivity contribution in [1.82, 2.24) is 0 Å². The van der Waals surface area contributed by atoms with Crippen LogP contribution in [0, 0.1) is 17.3 Å². The molecule has 0 aromatic heterocycles. The van der Waals surface area contributed by atoms with Crippen molar-refractivity contribution in [2.45, 2.75) is 31.1 Å². The molecule has 0 N–H and O–H groups in total. The third kappa shape index (κ3) is 1.26. The zero-order chi connectivity index (χ0) is 15.9. The van der Waals surface area contributed by atoms with Crippen LogP contribution in [0.3, 0.4) is 0 Å². The molecule has 2 saturated carbocycles. The summed E-state index contributed by atoms with van der Waals surface area (Å²) in [5.41, 5.74) is 3.88. The molecule has 116 valence electrons. The van der Waals surface area contributed by atoms with E-state index < -0.39 is 0 Å². The first kappa shape index (κ1) is 14.0. The molecule has 2 fully saturated rings. The van der Waals surface area contributed by atoms with E-state index in [0.29, 0.717) is 11.3 Å². The lowest BCUT2D eigenvalue weighted by Gasteiger charge is -2.48. The van der Waals surface area contributed by atoms with Gasteiger partial charge in [0.15, 0.2) is 0 Å². The lowest BCUT2D eigenvalue weighted by atomic mass is 9.54. The average Bonchev–Trinajstić information content (AvgIpc) is 2.73. The second-order valence-corrected chi connectivity index (χ2v) is 8.94. The first-order valence-corrected chi connectivity index (χ1v) is 9.35. The molecule has 3 aliphatic carbocycles. The van der Waals surface area contributed by atoms with E-state index in [4.69, 9.17) is 0 Å². The zero-order valence-corrected chi connectivity index (χ0v) is 15.2. The van der Waals surface area contributed by atoms with Crippen molar-refractivity contribution in [2.24, 2.45) is 17.3 Å². The third-order valence-electron chi connectivity index (χ3n) is 7.25. The predicted molar refractivity (Wildman–Crippen MR) is 98.6 cm³/mol. The summed E-state index contributed by atoms with van der Waals surface area (Å²) in [4.78, 5) is 0. The van der Waals surface area contributed by atoms with Crippen LogP contribution in [0.15, 0.2) is 71.2 Å². The second-order valence-electron chi connectivity index (χ2n) is 7.92. The van der Waals surface area contributed by atoms with Gasteiger partial charge in [-0.05, 0) is 39.3 Å². The largest absolute Gasteiger partial charge is 0.0700 e. The summed E-state index contributed by atoms with van der Waals surface area (Å²) < 4.78 is 1.40. The van der Waals surface area contributed by atoms with Crippen molar-refractivity contribution in [3.8, 4) is 0 Å². The van der Waals surface area contributed by atoms with Crippen LogP contribution in [-0.4, -0.2) is 0 Å². The number of allylic oxidation sites excluding steroid dienone is 2. The van der Waals surface area contributed by atoms with E-state index in [1.54, 1.807) is 0 Å². The van der Waals surface area contributed by atoms with Crippen LogP contribution in [0.2, 0.25) is 0 Å². The number of hydrogen-bond donors (Lipinski definition) is 0. The van der Waals surface area contributed by atoms with E-state index >= 15 is 0 Å². The molecule has 0 saturated heterocycles. The molecule has 0 spiro atoms. The molecule has 0 bridgehead atoms. The second kappa shape index (κ2) is 4.19. The maximum Gasteiger partial charge on any atom is 0.0184 e. The van der Waals surface area contributed by atoms with E-state index in [-0.39, 0.29) is 10.8 Å². The van der Waals surface area contributed by atoms with Gasteiger partial charge >= 0.3 is 0 Å². The molecule has 4 atom stereocenters. The van der Waals surface area contributed by atoms with E-state index in [1.807, 2.05) is 0 Å². The standard InChI is InChI=1S/C22H21Br/c1-20(2)21(15-9-5-3-6-10-15)18-13-17(23)14-19(18)22(20,21)16-11-7-4-8-12-16/h3-13,18-19H,14H2,1-2H3/t18-,19-,21+,22+/m1/s1. The van der Waals surface area contributed by atoms with Crippen LogP contribution in [0.1, 0.15) is 31.4 Å². The van der Waals surface area contributed by atoms with Gasteiger partial charge < -0.3 is 0 Å². The average molecular weight is 365 g/mol. The van der Waals surface area contributed by atoms with E-state index in [2.05, 4.69) is 96.5 Å². The fourth-order valence-electron chi connectivity index (χ4n) is 6.83. The molecule has 0 amide bonds. The highest BCUT2D eigenvalue weighted by molar-refractivity contribution is 9.11. The molecule has 0 unspecified atom stereocenters. The molecule has 1 heteroatoms. The van der Waals surface area contributed by atoms with Gasteiger partial charge in [0.2, 0.25) is 0 Å². The van der Waals surface area contributed by atoms with Gasteiger partial charge in [-0.1, -0.05) is 96.5 Å². The SMILES string of the molecule is CC1(C)[C@]2(c3ccccc3)[C@@H]3C=C(Br)C[C@H]3[C@@]12c1ccccc1. The van der Waals surface area contributed by atoms with E-state index in [9.17, 15) is 0 Å². The molecule has 0 aliphatic heterocycles. The molecule has 0 nitrogen and oxygen atoms in total. The van der Waals surface area contributed by atoms with Gasteiger partial charge in [-0.25, -0.2) is 0 Å². The summed E-state index contributed by atoms with van der Waals surface area (Å²) in [6, 6.07) is 22.5. The Balaban J connectivity index is 1.78. The Hall–Kier alpha value is -1.34. The molecule has 3 aliphatic rings. The van der Waals surface area contributed by atoms with Crippen molar-refractivity contribution in [3.63, 3.8) is 0 Å². The lowest BCUT2D eigenvalue weighted by molar-refractivity contribution is 0.145. The summed E-state index contributed by atoms with van der Waals surface area (Å²) in [6.45, 7) is 4.99. The molecule has 23 heavy (non-hydrogen) atoms. The molecule has 0 radical (unpaired) electrons. The van der Waals surface area contributed by atoms with Crippen molar-refractivity contribution >= 4 is 15.9 Å². The van der Waals surface area contributed by atoms with Crippen LogP contribution in [0.25, 0.3) is 0 Å². The minimum Gasteiger partial charge on any atom is -0.0700 e. The van der Waals surface area contributed by atoms with Gasteiger partial charge in [-0.15, -0.1) is 0 Å². The van der Waals surface area contributed by atoms with Gasteiger partial charge in [0, 0.05) is 10.8 Å². The van der Waals surface area contributed by atoms with Crippen LogP contribution in [-0.2, 0) is 10.8 Å². The quantitative estimate of drug-likeness (QED) is 0.628. The first-order valence-electron chi connectivity index (χ1n) is 8.55. The van der Waals surface area contributed by atoms with Gasteiger partial charge in [-0.2, -0.15) is 0 Å². The topological polar surface area (TPSA) is 0 Å². The van der Waals surface area contributed by atoms with Crippen molar-refractivity contribution in [2.75, 3.05) is 0 Å². The van der Waals surface area contributed by atoms with Crippen LogP contribution < -0.4 is 0 Å². The summed E-state index contributed by atoms with van der Waals surface area (Å²) in [5, 5.41) is 0. The Morgan fingerprint density at radius 2 is 1.35 bits per heavy atom. The zero-order valence-electron chi connectivity index (χ0n) is 13.6. The highest BCUT2D eigenvalue weighted by Gasteiger charge is 2.95. The van der Waals surface area contributed by atoms with Gasteiger partial charge in [0.05, 0.1) is 0 Å². The molecule has 2 aromatic rings. The molecule has 5 rings (SSSR count). The van der Waals surface area contributed by atoms with E-state index in [0.717, 1.165) is 5.92 Å². The Bertz CT molecular complexity index is 804. The highest BCUT2D eigenvalue weighted by atomic mass is 79.9. The molecular formula is C22H21Br. The normalized spacial score (nSPS) is 39.0. The predicted octanol–water partition coefficient (Wildman–Crippen LogP) is 5.83. The highest BCUT2D eigenvalue weighted by Crippen LogP contribution is 2.94. The third-order valence-corrected chi connectivity index (χ3v) is 7.84. The van der Waals surface area contributed by atoms with Crippen LogP contribution in [0.4, 0.5) is 0 Å². The number of halogens is 1. The molecular weight excluding hydrogens is 344 g/mol. The van der Waals surface area contributed by atoms with Crippen LogP contribution >= 0.6 is 15.9 Å². The minimum absolute atomic E-state index is 0.253. The van der Waals surface area contributed by atoms with Gasteiger partial charge in [0.1, 0.15) is 0 Å². The Morgan fingerprint density at radius 3 is 1.91 bits per heavy atom. The minimum atomic E-state index is 0.253. The summed E-state index contributed by atoms with van der Waals surface area (Å²) in [6.07, 6.45) is 3.70. The summed E-state index contributed by atoms with van der Waals surface area (Å²) in [7, 11) is 0. The van der Waals surface area contributed by atoms with Crippen molar-refractivity contribution in [3.05, 3.63) is 82.3 Å². The Morgan fingerprint density at radius 1 is 0.826 bits per heavy atom. The van der Waals surface area contributed by atoms with Gasteiger partial charge in [0.25, 0.3) is 0 Å².